The number of rotatable bonds is 3. The molecule has 0 heterocycles. The van der Waals surface area contributed by atoms with E-state index >= 15 is 0 Å². The molecular formula is C32H26O2. The van der Waals surface area contributed by atoms with E-state index in [1.54, 1.807) is 0 Å². The fourth-order valence-electron chi connectivity index (χ4n) is 6.02. The van der Waals surface area contributed by atoms with Crippen molar-refractivity contribution in [2.75, 3.05) is 0 Å². The van der Waals surface area contributed by atoms with Crippen LogP contribution in [0.1, 0.15) is 70.7 Å². The SMILES string of the molecule is CC1(C)c2cc(C=O)ccc2-c2ccc(-c3ccc4c(c3)C(C)(C)c3cc(C=O)ccc3-4)cc21. The molecule has 2 nitrogen and oxygen atoms in total. The van der Waals surface area contributed by atoms with Gasteiger partial charge in [0.25, 0.3) is 0 Å². The summed E-state index contributed by atoms with van der Waals surface area (Å²) in [6, 6.07) is 25.5. The van der Waals surface area contributed by atoms with Gasteiger partial charge >= 0.3 is 0 Å². The monoisotopic (exact) mass is 442 g/mol. The Morgan fingerprint density at radius 3 is 1.15 bits per heavy atom. The van der Waals surface area contributed by atoms with Gasteiger partial charge in [-0.2, -0.15) is 0 Å². The molecule has 4 aromatic rings. The predicted octanol–water partition coefficient (Wildman–Crippen LogP) is 7.59. The van der Waals surface area contributed by atoms with E-state index in [-0.39, 0.29) is 10.8 Å². The van der Waals surface area contributed by atoms with E-state index in [1.165, 1.54) is 55.6 Å². The van der Waals surface area contributed by atoms with Crippen LogP contribution < -0.4 is 0 Å². The van der Waals surface area contributed by atoms with Gasteiger partial charge in [-0.3, -0.25) is 9.59 Å². The van der Waals surface area contributed by atoms with Crippen molar-refractivity contribution in [3.63, 3.8) is 0 Å². The van der Waals surface area contributed by atoms with Gasteiger partial charge in [0.05, 0.1) is 0 Å². The fraction of sp³-hybridized carbons (Fsp3) is 0.188. The van der Waals surface area contributed by atoms with Crippen LogP contribution in [0.25, 0.3) is 33.4 Å². The van der Waals surface area contributed by atoms with Crippen LogP contribution in [0.3, 0.4) is 0 Å². The molecule has 0 N–H and O–H groups in total. The van der Waals surface area contributed by atoms with Gasteiger partial charge in [0, 0.05) is 22.0 Å². The number of benzene rings is 4. The first kappa shape index (κ1) is 20.8. The normalized spacial score (nSPS) is 15.8. The van der Waals surface area contributed by atoms with Crippen LogP contribution in [0, 0.1) is 0 Å². The van der Waals surface area contributed by atoms with Crippen molar-refractivity contribution in [3.8, 4) is 33.4 Å². The Morgan fingerprint density at radius 2 is 0.794 bits per heavy atom. The lowest BCUT2D eigenvalue weighted by molar-refractivity contribution is 0.111. The van der Waals surface area contributed by atoms with Crippen molar-refractivity contribution >= 4 is 12.6 Å². The largest absolute Gasteiger partial charge is 0.298 e. The molecule has 0 amide bonds. The molecule has 6 rings (SSSR count). The third-order valence-electron chi connectivity index (χ3n) is 8.01. The summed E-state index contributed by atoms with van der Waals surface area (Å²) in [5.41, 5.74) is 13.4. The van der Waals surface area contributed by atoms with Crippen molar-refractivity contribution in [3.05, 3.63) is 106 Å². The maximum absolute atomic E-state index is 11.4. The second kappa shape index (κ2) is 6.87. The van der Waals surface area contributed by atoms with Crippen molar-refractivity contribution < 1.29 is 9.59 Å². The van der Waals surface area contributed by atoms with Crippen LogP contribution >= 0.6 is 0 Å². The highest BCUT2D eigenvalue weighted by atomic mass is 16.1. The maximum atomic E-state index is 11.4. The van der Waals surface area contributed by atoms with Crippen LogP contribution in [-0.4, -0.2) is 12.6 Å². The molecular weight excluding hydrogens is 416 g/mol. The van der Waals surface area contributed by atoms with Gasteiger partial charge in [-0.05, 0) is 79.9 Å². The summed E-state index contributed by atoms with van der Waals surface area (Å²) < 4.78 is 0. The topological polar surface area (TPSA) is 34.1 Å². The first-order chi connectivity index (χ1) is 16.3. The lowest BCUT2D eigenvalue weighted by atomic mass is 9.80. The quantitative estimate of drug-likeness (QED) is 0.306. The first-order valence-corrected chi connectivity index (χ1v) is 11.8. The van der Waals surface area contributed by atoms with E-state index in [0.29, 0.717) is 0 Å². The predicted molar refractivity (Wildman–Crippen MR) is 138 cm³/mol. The Balaban J connectivity index is 1.47. The molecule has 0 aromatic heterocycles. The number of aldehydes is 2. The molecule has 2 heteroatoms. The molecule has 0 aliphatic heterocycles. The molecule has 0 spiro atoms. The van der Waals surface area contributed by atoms with Gasteiger partial charge in [-0.15, -0.1) is 0 Å². The van der Waals surface area contributed by atoms with Crippen molar-refractivity contribution in [2.24, 2.45) is 0 Å². The smallest absolute Gasteiger partial charge is 0.150 e. The molecule has 0 fully saturated rings. The molecule has 0 unspecified atom stereocenters. The summed E-state index contributed by atoms with van der Waals surface area (Å²) in [4.78, 5) is 22.8. The van der Waals surface area contributed by atoms with Crippen molar-refractivity contribution in [1.82, 2.24) is 0 Å². The highest BCUT2D eigenvalue weighted by Gasteiger charge is 2.37. The highest BCUT2D eigenvalue weighted by molar-refractivity contribution is 5.89. The number of fused-ring (bicyclic) bond motifs is 6. The lowest BCUT2D eigenvalue weighted by Gasteiger charge is -2.23. The van der Waals surface area contributed by atoms with Crippen LogP contribution in [-0.2, 0) is 10.8 Å². The highest BCUT2D eigenvalue weighted by Crippen LogP contribution is 2.52. The minimum atomic E-state index is -0.169. The van der Waals surface area contributed by atoms with Gasteiger partial charge in [-0.25, -0.2) is 0 Å². The molecule has 0 saturated heterocycles. The van der Waals surface area contributed by atoms with Gasteiger partial charge in [0.2, 0.25) is 0 Å². The number of hydrogen-bond acceptors (Lipinski definition) is 2. The summed E-state index contributed by atoms with van der Waals surface area (Å²) in [6.07, 6.45) is 1.85. The summed E-state index contributed by atoms with van der Waals surface area (Å²) >= 11 is 0. The zero-order valence-electron chi connectivity index (χ0n) is 19.9. The third-order valence-corrected chi connectivity index (χ3v) is 8.01. The maximum Gasteiger partial charge on any atom is 0.150 e. The lowest BCUT2D eigenvalue weighted by Crippen LogP contribution is -2.16. The average molecular weight is 443 g/mol. The van der Waals surface area contributed by atoms with Crippen LogP contribution in [0.2, 0.25) is 0 Å². The van der Waals surface area contributed by atoms with Crippen LogP contribution in [0.4, 0.5) is 0 Å². The molecule has 0 atom stereocenters. The Labute approximate surface area is 200 Å². The second-order valence-electron chi connectivity index (χ2n) is 10.6. The van der Waals surface area contributed by atoms with Crippen molar-refractivity contribution in [1.29, 1.82) is 0 Å². The Bertz CT molecular complexity index is 1420. The minimum Gasteiger partial charge on any atom is -0.298 e. The van der Waals surface area contributed by atoms with Gasteiger partial charge in [-0.1, -0.05) is 76.2 Å². The Kier molecular flexibility index (Phi) is 4.20. The van der Waals surface area contributed by atoms with E-state index in [2.05, 4.69) is 76.2 Å². The molecule has 0 radical (unpaired) electrons. The van der Waals surface area contributed by atoms with E-state index in [4.69, 9.17) is 0 Å². The van der Waals surface area contributed by atoms with Gasteiger partial charge in [0.15, 0.2) is 0 Å². The fourth-order valence-corrected chi connectivity index (χ4v) is 6.02. The average Bonchev–Trinajstić information content (AvgIpc) is 3.22. The standard InChI is InChI=1S/C32H26O2/c1-31(2)27-13-19(17-33)5-9-23(27)25-11-7-21(15-29(25)31)22-8-12-26-24-10-6-20(18-34)14-28(24)32(3,4)30(26)16-22/h5-18H,1-4H3. The Morgan fingerprint density at radius 1 is 0.471 bits per heavy atom. The third kappa shape index (κ3) is 2.69. The Hall–Kier alpha value is -3.78. The van der Waals surface area contributed by atoms with E-state index < -0.39 is 0 Å². The molecule has 34 heavy (non-hydrogen) atoms. The number of carbonyl (C=O) groups is 2. The molecule has 4 aromatic carbocycles. The first-order valence-electron chi connectivity index (χ1n) is 11.8. The van der Waals surface area contributed by atoms with E-state index in [9.17, 15) is 9.59 Å². The summed E-state index contributed by atoms with van der Waals surface area (Å²) in [5.74, 6) is 0. The van der Waals surface area contributed by atoms with E-state index in [1.807, 2.05) is 24.3 Å². The van der Waals surface area contributed by atoms with Crippen molar-refractivity contribution in [2.45, 2.75) is 38.5 Å². The van der Waals surface area contributed by atoms with Crippen LogP contribution in [0.15, 0.2) is 72.8 Å². The molecule has 2 aliphatic carbocycles. The molecule has 0 saturated carbocycles. The molecule has 166 valence electrons. The summed E-state index contributed by atoms with van der Waals surface area (Å²) in [5, 5.41) is 0. The summed E-state index contributed by atoms with van der Waals surface area (Å²) in [6.45, 7) is 8.96. The summed E-state index contributed by atoms with van der Waals surface area (Å²) in [7, 11) is 0. The molecule has 2 aliphatic rings. The molecule has 0 bridgehead atoms. The minimum absolute atomic E-state index is 0.169. The number of hydrogen-bond donors (Lipinski definition) is 0. The van der Waals surface area contributed by atoms with Gasteiger partial charge in [0.1, 0.15) is 12.6 Å². The van der Waals surface area contributed by atoms with E-state index in [0.717, 1.165) is 23.7 Å². The van der Waals surface area contributed by atoms with Gasteiger partial charge < -0.3 is 0 Å². The zero-order chi connectivity index (χ0) is 23.8. The second-order valence-corrected chi connectivity index (χ2v) is 10.6. The number of carbonyl (C=O) groups excluding carboxylic acids is 2. The zero-order valence-corrected chi connectivity index (χ0v) is 19.9. The van der Waals surface area contributed by atoms with Crippen LogP contribution in [0.5, 0.6) is 0 Å².